The third-order valence-electron chi connectivity index (χ3n) is 5.12. The molecule has 1 aliphatic carbocycles. The number of hydrogen-bond acceptors (Lipinski definition) is 2. The fourth-order valence-corrected chi connectivity index (χ4v) is 4.73. The Morgan fingerprint density at radius 3 is 2.27 bits per heavy atom. The van der Waals surface area contributed by atoms with Crippen LogP contribution in [0, 0.1) is 5.92 Å². The molecule has 0 aromatic heterocycles. The molecular weight excluding hydrogens is 535 g/mol. The fraction of sp³-hybridized carbons (Fsp3) is 0.333. The van der Waals surface area contributed by atoms with Crippen LogP contribution in [0.3, 0.4) is 0 Å². The summed E-state index contributed by atoms with van der Waals surface area (Å²) in [4.78, 5) is 24.9. The maximum absolute atomic E-state index is 12.9. The number of benzene rings is 2. The van der Waals surface area contributed by atoms with E-state index in [0.29, 0.717) is 5.56 Å². The van der Waals surface area contributed by atoms with Crippen molar-refractivity contribution in [1.29, 1.82) is 0 Å². The molecule has 2 atom stereocenters. The summed E-state index contributed by atoms with van der Waals surface area (Å²) in [5.74, 6) is -3.20. The van der Waals surface area contributed by atoms with Gasteiger partial charge in [0.25, 0.3) is 6.43 Å². The van der Waals surface area contributed by atoms with Crippen LogP contribution >= 0.6 is 46.4 Å². The number of Topliss-reactive ketones (excluding diaryl/α,β-unsaturated/α-hetero) is 1. The Morgan fingerprint density at radius 2 is 1.70 bits per heavy atom. The van der Waals surface area contributed by atoms with Gasteiger partial charge in [0, 0.05) is 34.2 Å². The van der Waals surface area contributed by atoms with E-state index in [1.54, 1.807) is 0 Å². The molecule has 0 bridgehead atoms. The Labute approximate surface area is 205 Å². The molecule has 2 unspecified atom stereocenters. The van der Waals surface area contributed by atoms with Gasteiger partial charge in [0.05, 0.1) is 17.4 Å². The molecule has 1 aliphatic rings. The van der Waals surface area contributed by atoms with Gasteiger partial charge in [0.2, 0.25) is 5.91 Å². The van der Waals surface area contributed by atoms with Crippen molar-refractivity contribution in [2.45, 2.75) is 35.7 Å². The van der Waals surface area contributed by atoms with Crippen LogP contribution in [-0.4, -0.2) is 22.2 Å². The van der Waals surface area contributed by atoms with Gasteiger partial charge in [-0.25, -0.2) is 8.78 Å². The summed E-state index contributed by atoms with van der Waals surface area (Å²) < 4.78 is 61.5. The zero-order valence-corrected chi connectivity index (χ0v) is 19.4. The van der Waals surface area contributed by atoms with Gasteiger partial charge < -0.3 is 5.32 Å². The Morgan fingerprint density at radius 1 is 1.03 bits per heavy atom. The molecule has 1 N–H and O–H groups in total. The zero-order valence-electron chi connectivity index (χ0n) is 16.3. The first-order valence-electron chi connectivity index (χ1n) is 9.38. The van der Waals surface area contributed by atoms with Crippen LogP contribution in [0.15, 0.2) is 36.4 Å². The van der Waals surface area contributed by atoms with Crippen molar-refractivity contribution >= 4 is 63.8 Å². The quantitative estimate of drug-likeness (QED) is 0.216. The van der Waals surface area contributed by atoms with E-state index in [2.05, 4.69) is 5.32 Å². The molecule has 0 saturated heterocycles. The average Bonchev–Trinajstić information content (AvgIpc) is 3.28. The lowest BCUT2D eigenvalue weighted by molar-refractivity contribution is -0.133. The van der Waals surface area contributed by atoms with E-state index in [1.807, 2.05) is 0 Å². The van der Waals surface area contributed by atoms with Crippen molar-refractivity contribution in [2.24, 2.45) is 5.92 Å². The standard InChI is InChI=1S/C21H14Cl4F5NO2/c22-13-4-2-10(8-12(13)15(32)5-6-20(28,29)30)31-19(33)17-16(21(17,24)25)9-1-3-11(18(26)27)14(23)7-9/h1-4,7-8,16-18H,5-6H2,(H,31,33). The summed E-state index contributed by atoms with van der Waals surface area (Å²) in [5, 5.41) is 2.24. The second kappa shape index (κ2) is 9.56. The second-order valence-electron chi connectivity index (χ2n) is 7.43. The predicted octanol–water partition coefficient (Wildman–Crippen LogP) is 7.98. The molecule has 33 heavy (non-hydrogen) atoms. The molecule has 0 spiro atoms. The first-order chi connectivity index (χ1) is 15.2. The molecule has 1 fully saturated rings. The van der Waals surface area contributed by atoms with Gasteiger partial charge in [0.15, 0.2) is 5.78 Å². The summed E-state index contributed by atoms with van der Waals surface area (Å²) in [6.45, 7) is 0. The summed E-state index contributed by atoms with van der Waals surface area (Å²) in [6.07, 6.45) is -9.39. The highest BCUT2D eigenvalue weighted by Crippen LogP contribution is 2.65. The van der Waals surface area contributed by atoms with Crippen LogP contribution in [0.5, 0.6) is 0 Å². The van der Waals surface area contributed by atoms with Gasteiger partial charge in [0.1, 0.15) is 4.33 Å². The van der Waals surface area contributed by atoms with E-state index in [9.17, 15) is 31.5 Å². The Bertz CT molecular complexity index is 1090. The third-order valence-corrected chi connectivity index (χ3v) is 6.72. The number of nitrogens with one attached hydrogen (secondary N) is 1. The van der Waals surface area contributed by atoms with Crippen LogP contribution in [0.4, 0.5) is 27.6 Å². The van der Waals surface area contributed by atoms with Crippen molar-refractivity contribution in [3.63, 3.8) is 0 Å². The van der Waals surface area contributed by atoms with Crippen molar-refractivity contribution in [3.05, 3.63) is 63.1 Å². The number of anilines is 1. The number of ketones is 1. The molecule has 2 aromatic carbocycles. The molecule has 0 aliphatic heterocycles. The number of amides is 1. The van der Waals surface area contributed by atoms with Crippen LogP contribution in [0.25, 0.3) is 0 Å². The number of halogens is 9. The zero-order chi connectivity index (χ0) is 24.7. The monoisotopic (exact) mass is 547 g/mol. The molecule has 3 rings (SSSR count). The lowest BCUT2D eigenvalue weighted by atomic mass is 10.0. The minimum absolute atomic E-state index is 0.0673. The van der Waals surface area contributed by atoms with E-state index in [0.717, 1.165) is 12.1 Å². The van der Waals surface area contributed by atoms with Crippen molar-refractivity contribution in [1.82, 2.24) is 0 Å². The Hall–Kier alpha value is -1.61. The van der Waals surface area contributed by atoms with Gasteiger partial charge >= 0.3 is 6.18 Å². The third kappa shape index (κ3) is 5.91. The minimum Gasteiger partial charge on any atom is -0.326 e. The van der Waals surface area contributed by atoms with Gasteiger partial charge in [-0.05, 0) is 29.8 Å². The fourth-order valence-electron chi connectivity index (χ4n) is 3.41. The molecule has 0 heterocycles. The maximum Gasteiger partial charge on any atom is 0.389 e. The van der Waals surface area contributed by atoms with E-state index >= 15 is 0 Å². The molecule has 1 amide bonds. The second-order valence-corrected chi connectivity index (χ2v) is 9.69. The van der Waals surface area contributed by atoms with Gasteiger partial charge in [-0.1, -0.05) is 35.3 Å². The molecular formula is C21H14Cl4F5NO2. The number of hydrogen-bond donors (Lipinski definition) is 1. The van der Waals surface area contributed by atoms with Crippen molar-refractivity contribution in [3.8, 4) is 0 Å². The smallest absolute Gasteiger partial charge is 0.326 e. The highest BCUT2D eigenvalue weighted by atomic mass is 35.5. The predicted molar refractivity (Wildman–Crippen MR) is 117 cm³/mol. The minimum atomic E-state index is -4.50. The number of alkyl halides is 7. The summed E-state index contributed by atoms with van der Waals surface area (Å²) in [7, 11) is 0. The van der Waals surface area contributed by atoms with Crippen LogP contribution < -0.4 is 5.32 Å². The Balaban J connectivity index is 1.75. The van der Waals surface area contributed by atoms with Crippen LogP contribution in [0.2, 0.25) is 10.0 Å². The van der Waals surface area contributed by atoms with Crippen molar-refractivity contribution in [2.75, 3.05) is 5.32 Å². The SMILES string of the molecule is O=C(CCC(F)(F)F)c1cc(NC(=O)C2C(c3ccc(C(F)F)c(Cl)c3)C2(Cl)Cl)ccc1Cl. The Kier molecular flexibility index (Phi) is 7.54. The first-order valence-corrected chi connectivity index (χ1v) is 10.9. The van der Waals surface area contributed by atoms with Gasteiger partial charge in [-0.3, -0.25) is 9.59 Å². The highest BCUT2D eigenvalue weighted by Gasteiger charge is 2.67. The summed E-state index contributed by atoms with van der Waals surface area (Å²) in [5.41, 5.74) is -0.0709. The lowest BCUT2D eigenvalue weighted by Crippen LogP contribution is -2.17. The first kappa shape index (κ1) is 26.0. The van der Waals surface area contributed by atoms with E-state index in [4.69, 9.17) is 46.4 Å². The van der Waals surface area contributed by atoms with E-state index in [1.165, 1.54) is 24.3 Å². The number of rotatable bonds is 7. The molecule has 1 saturated carbocycles. The summed E-state index contributed by atoms with van der Waals surface area (Å²) in [6, 6.07) is 7.52. The molecule has 178 valence electrons. The van der Waals surface area contributed by atoms with Gasteiger partial charge in [-0.15, -0.1) is 23.2 Å². The average molecular weight is 549 g/mol. The van der Waals surface area contributed by atoms with Crippen LogP contribution in [0.1, 0.15) is 46.7 Å². The molecule has 2 aromatic rings. The number of carbonyl (C=O) groups is 2. The van der Waals surface area contributed by atoms with Gasteiger partial charge in [-0.2, -0.15) is 13.2 Å². The highest BCUT2D eigenvalue weighted by molar-refractivity contribution is 6.53. The number of carbonyl (C=O) groups excluding carboxylic acids is 2. The van der Waals surface area contributed by atoms with Crippen LogP contribution in [-0.2, 0) is 4.79 Å². The maximum atomic E-state index is 12.9. The molecule has 0 radical (unpaired) electrons. The molecule has 3 nitrogen and oxygen atoms in total. The van der Waals surface area contributed by atoms with E-state index < -0.39 is 53.3 Å². The lowest BCUT2D eigenvalue weighted by Gasteiger charge is -2.10. The molecule has 12 heteroatoms. The normalized spacial score (nSPS) is 19.5. The summed E-state index contributed by atoms with van der Waals surface area (Å²) >= 11 is 24.3. The largest absolute Gasteiger partial charge is 0.389 e. The topological polar surface area (TPSA) is 46.2 Å². The van der Waals surface area contributed by atoms with Crippen molar-refractivity contribution < 1.29 is 31.5 Å². The van der Waals surface area contributed by atoms with E-state index in [-0.39, 0.29) is 26.9 Å².